The molecular formula is C19H23N3O3S. The maximum Gasteiger partial charge on any atom is 0.239 e. The summed E-state index contributed by atoms with van der Waals surface area (Å²) < 4.78 is 5.77. The molecule has 0 aliphatic rings. The highest BCUT2D eigenvalue weighted by Gasteiger charge is 2.17. The minimum Gasteiger partial charge on any atom is -0.492 e. The van der Waals surface area contributed by atoms with E-state index in [1.54, 1.807) is 6.20 Å². The Labute approximate surface area is 157 Å². The molecule has 1 atom stereocenters. The van der Waals surface area contributed by atoms with Crippen LogP contribution in [0.15, 0.2) is 48.7 Å². The quantitative estimate of drug-likeness (QED) is 0.644. The van der Waals surface area contributed by atoms with E-state index in [9.17, 15) is 9.59 Å². The van der Waals surface area contributed by atoms with Gasteiger partial charge in [0.05, 0.1) is 11.8 Å². The van der Waals surface area contributed by atoms with Crippen LogP contribution < -0.4 is 15.0 Å². The van der Waals surface area contributed by atoms with Crippen LogP contribution in [-0.4, -0.2) is 49.0 Å². The Hall–Kier alpha value is -2.54. The van der Waals surface area contributed by atoms with Gasteiger partial charge in [0.1, 0.15) is 18.2 Å². The summed E-state index contributed by atoms with van der Waals surface area (Å²) in [5.74, 6) is 1.41. The van der Waals surface area contributed by atoms with Crippen molar-refractivity contribution in [2.45, 2.75) is 11.7 Å². The van der Waals surface area contributed by atoms with Crippen molar-refractivity contribution >= 4 is 29.9 Å². The zero-order chi connectivity index (χ0) is 18.8. The van der Waals surface area contributed by atoms with E-state index in [0.717, 1.165) is 23.7 Å². The Morgan fingerprint density at radius 2 is 2.08 bits per heavy atom. The van der Waals surface area contributed by atoms with Gasteiger partial charge >= 0.3 is 0 Å². The lowest BCUT2D eigenvalue weighted by atomic mass is 10.1. The van der Waals surface area contributed by atoms with E-state index in [-0.39, 0.29) is 11.2 Å². The summed E-state index contributed by atoms with van der Waals surface area (Å²) in [4.78, 5) is 28.5. The van der Waals surface area contributed by atoms with Crippen LogP contribution in [-0.2, 0) is 16.0 Å². The third-order valence-electron chi connectivity index (χ3n) is 3.86. The van der Waals surface area contributed by atoms with Gasteiger partial charge in [-0.3, -0.25) is 14.9 Å². The summed E-state index contributed by atoms with van der Waals surface area (Å²) in [6, 6.07) is 13.5. The van der Waals surface area contributed by atoms with Crippen molar-refractivity contribution in [1.82, 2.24) is 10.3 Å². The number of imide groups is 1. The zero-order valence-electron chi connectivity index (χ0n) is 14.9. The van der Waals surface area contributed by atoms with Crippen LogP contribution in [0.5, 0.6) is 5.75 Å². The molecule has 1 heterocycles. The number of carbonyl (C=O) groups excluding carboxylic acids is 2. The number of carbonyl (C=O) groups is 2. The average molecular weight is 373 g/mol. The third-order valence-corrected chi connectivity index (χ3v) is 4.81. The summed E-state index contributed by atoms with van der Waals surface area (Å²) in [6.45, 7) is 1.26. The molecule has 0 bridgehead atoms. The average Bonchev–Trinajstić information content (AvgIpc) is 2.68. The van der Waals surface area contributed by atoms with E-state index in [1.165, 1.54) is 11.8 Å². The van der Waals surface area contributed by atoms with E-state index in [4.69, 9.17) is 4.74 Å². The number of aromatic nitrogens is 1. The molecular weight excluding hydrogens is 350 g/mol. The smallest absolute Gasteiger partial charge is 0.239 e. The van der Waals surface area contributed by atoms with Crippen LogP contribution in [0.3, 0.4) is 0 Å². The number of nitrogens with one attached hydrogen (secondary N) is 1. The first-order valence-corrected chi connectivity index (χ1v) is 9.53. The van der Waals surface area contributed by atoms with Crippen molar-refractivity contribution in [3.05, 3.63) is 54.2 Å². The molecule has 7 heteroatoms. The predicted octanol–water partition coefficient (Wildman–Crippen LogP) is 2.14. The molecule has 1 aromatic heterocycles. The number of hydrogen-bond donors (Lipinski definition) is 1. The van der Waals surface area contributed by atoms with E-state index < -0.39 is 0 Å². The van der Waals surface area contributed by atoms with Gasteiger partial charge in [0, 0.05) is 13.2 Å². The van der Waals surface area contributed by atoms with Crippen LogP contribution >= 0.6 is 11.8 Å². The number of hydrogen-bond acceptors (Lipinski definition) is 6. The SMILES string of the molecule is CSC(Cc1ccc(OCCN(C)c2ccccn2)cc1)C(=O)NC=O. The van der Waals surface area contributed by atoms with E-state index in [0.29, 0.717) is 19.4 Å². The topological polar surface area (TPSA) is 71.5 Å². The van der Waals surface area contributed by atoms with Crippen molar-refractivity contribution in [1.29, 1.82) is 0 Å². The number of anilines is 1. The third kappa shape index (κ3) is 6.07. The molecule has 0 aliphatic heterocycles. The molecule has 0 fully saturated rings. The fourth-order valence-corrected chi connectivity index (χ4v) is 3.01. The number of thioether (sulfide) groups is 1. The minimum atomic E-state index is -0.293. The highest BCUT2D eigenvalue weighted by Crippen LogP contribution is 2.18. The maximum atomic E-state index is 11.8. The normalized spacial score (nSPS) is 11.5. The van der Waals surface area contributed by atoms with Gasteiger partial charge in [0.15, 0.2) is 0 Å². The first-order chi connectivity index (χ1) is 12.6. The van der Waals surface area contributed by atoms with Crippen molar-refractivity contribution in [2.75, 3.05) is 31.4 Å². The Bertz CT molecular complexity index is 695. The second kappa shape index (κ2) is 10.5. The van der Waals surface area contributed by atoms with Gasteiger partial charge in [0.25, 0.3) is 0 Å². The molecule has 0 saturated carbocycles. The number of pyridine rings is 1. The molecule has 2 amide bonds. The molecule has 2 aromatic rings. The molecule has 138 valence electrons. The van der Waals surface area contributed by atoms with Gasteiger partial charge in [-0.1, -0.05) is 18.2 Å². The van der Waals surface area contributed by atoms with Gasteiger partial charge in [-0.15, -0.1) is 0 Å². The number of rotatable bonds is 10. The second-order valence-electron chi connectivity index (χ2n) is 5.66. The summed E-state index contributed by atoms with van der Waals surface area (Å²) in [5, 5.41) is 1.91. The standard InChI is InChI=1S/C19H23N3O3S/c1-22(18-5-3-4-10-20-18)11-12-25-16-8-6-15(7-9-16)13-17(26-2)19(24)21-14-23/h3-10,14,17H,11-13H2,1-2H3,(H,21,23,24). The Balaban J connectivity index is 1.81. The molecule has 26 heavy (non-hydrogen) atoms. The number of benzene rings is 1. The van der Waals surface area contributed by atoms with Crippen molar-refractivity contribution in [3.8, 4) is 5.75 Å². The fourth-order valence-electron chi connectivity index (χ4n) is 2.36. The molecule has 0 radical (unpaired) electrons. The van der Waals surface area contributed by atoms with Gasteiger partial charge < -0.3 is 9.64 Å². The number of amides is 2. The Morgan fingerprint density at radius 3 is 2.69 bits per heavy atom. The van der Waals surface area contributed by atoms with Gasteiger partial charge in [-0.25, -0.2) is 4.98 Å². The van der Waals surface area contributed by atoms with Crippen LogP contribution in [0.2, 0.25) is 0 Å². The fraction of sp³-hybridized carbons (Fsp3) is 0.316. The Morgan fingerprint density at radius 1 is 1.31 bits per heavy atom. The summed E-state index contributed by atoms with van der Waals surface area (Å²) in [5.41, 5.74) is 1.02. The molecule has 0 spiro atoms. The van der Waals surface area contributed by atoms with Crippen LogP contribution in [0, 0.1) is 0 Å². The van der Waals surface area contributed by atoms with Gasteiger partial charge in [0.2, 0.25) is 12.3 Å². The number of likely N-dealkylation sites (N-methyl/N-ethyl adjacent to an activating group) is 1. The number of ether oxygens (including phenoxy) is 1. The summed E-state index contributed by atoms with van der Waals surface area (Å²) in [7, 11) is 1.97. The molecule has 1 N–H and O–H groups in total. The molecule has 2 rings (SSSR count). The molecule has 0 aliphatic carbocycles. The molecule has 6 nitrogen and oxygen atoms in total. The van der Waals surface area contributed by atoms with E-state index in [2.05, 4.69) is 10.3 Å². The summed E-state index contributed by atoms with van der Waals surface area (Å²) in [6.07, 6.45) is 4.60. The summed E-state index contributed by atoms with van der Waals surface area (Å²) >= 11 is 1.42. The first-order valence-electron chi connectivity index (χ1n) is 8.24. The molecule has 1 aromatic carbocycles. The van der Waals surface area contributed by atoms with Crippen molar-refractivity contribution in [3.63, 3.8) is 0 Å². The highest BCUT2D eigenvalue weighted by molar-refractivity contribution is 7.99. The lowest BCUT2D eigenvalue weighted by molar-refractivity contribution is -0.124. The zero-order valence-corrected chi connectivity index (χ0v) is 15.7. The van der Waals surface area contributed by atoms with Crippen LogP contribution in [0.4, 0.5) is 5.82 Å². The van der Waals surface area contributed by atoms with Crippen molar-refractivity contribution in [2.24, 2.45) is 0 Å². The van der Waals surface area contributed by atoms with Crippen LogP contribution in [0.25, 0.3) is 0 Å². The number of nitrogens with zero attached hydrogens (tertiary/aromatic N) is 2. The minimum absolute atomic E-state index is 0.273. The lowest BCUT2D eigenvalue weighted by Gasteiger charge is -2.18. The predicted molar refractivity (Wildman–Crippen MR) is 105 cm³/mol. The van der Waals surface area contributed by atoms with Crippen molar-refractivity contribution < 1.29 is 14.3 Å². The van der Waals surface area contributed by atoms with Gasteiger partial charge in [-0.2, -0.15) is 11.8 Å². The first kappa shape index (κ1) is 19.8. The van der Waals surface area contributed by atoms with E-state index in [1.807, 2.05) is 60.7 Å². The Kier molecular flexibility index (Phi) is 7.95. The second-order valence-corrected chi connectivity index (χ2v) is 6.70. The highest BCUT2D eigenvalue weighted by atomic mass is 32.2. The monoisotopic (exact) mass is 373 g/mol. The molecule has 1 unspecified atom stereocenters. The maximum absolute atomic E-state index is 11.8. The lowest BCUT2D eigenvalue weighted by Crippen LogP contribution is -2.32. The van der Waals surface area contributed by atoms with Crippen LogP contribution in [0.1, 0.15) is 5.56 Å². The van der Waals surface area contributed by atoms with Gasteiger partial charge in [-0.05, 0) is 42.5 Å². The largest absolute Gasteiger partial charge is 0.492 e. The van der Waals surface area contributed by atoms with E-state index >= 15 is 0 Å². The molecule has 0 saturated heterocycles.